The SMILES string of the molecule is O=C(O)CC[C@H](NC(=O)c1cncnc1)C(=O)O. The third kappa shape index (κ3) is 4.16. The van der Waals surface area contributed by atoms with Gasteiger partial charge in [-0.15, -0.1) is 0 Å². The normalized spacial score (nSPS) is 11.6. The van der Waals surface area contributed by atoms with E-state index in [-0.39, 0.29) is 18.4 Å². The molecule has 8 heteroatoms. The molecule has 3 N–H and O–H groups in total. The predicted molar refractivity (Wildman–Crippen MR) is 57.8 cm³/mol. The van der Waals surface area contributed by atoms with Crippen LogP contribution in [0.25, 0.3) is 0 Å². The van der Waals surface area contributed by atoms with E-state index in [1.165, 1.54) is 18.7 Å². The Morgan fingerprint density at radius 2 is 1.83 bits per heavy atom. The molecule has 8 nitrogen and oxygen atoms in total. The van der Waals surface area contributed by atoms with E-state index in [9.17, 15) is 14.4 Å². The summed E-state index contributed by atoms with van der Waals surface area (Å²) in [4.78, 5) is 40.0. The second-order valence-electron chi connectivity index (χ2n) is 3.42. The summed E-state index contributed by atoms with van der Waals surface area (Å²) in [7, 11) is 0. The van der Waals surface area contributed by atoms with Crippen LogP contribution in [0.1, 0.15) is 23.2 Å². The van der Waals surface area contributed by atoms with Crippen molar-refractivity contribution in [1.82, 2.24) is 15.3 Å². The van der Waals surface area contributed by atoms with Gasteiger partial charge in [0.2, 0.25) is 0 Å². The van der Waals surface area contributed by atoms with Crippen molar-refractivity contribution in [2.75, 3.05) is 0 Å². The second-order valence-corrected chi connectivity index (χ2v) is 3.42. The summed E-state index contributed by atoms with van der Waals surface area (Å²) in [5.41, 5.74) is 0.110. The second kappa shape index (κ2) is 6.28. The topological polar surface area (TPSA) is 129 Å². The third-order valence-electron chi connectivity index (χ3n) is 2.07. The molecule has 0 aliphatic heterocycles. The number of carbonyl (C=O) groups is 3. The van der Waals surface area contributed by atoms with Crippen LogP contribution in [-0.4, -0.2) is 44.1 Å². The molecule has 0 fully saturated rings. The van der Waals surface area contributed by atoms with Gasteiger partial charge in [-0.25, -0.2) is 14.8 Å². The molecule has 1 rings (SSSR count). The first-order chi connectivity index (χ1) is 8.50. The van der Waals surface area contributed by atoms with Gasteiger partial charge in [0.15, 0.2) is 0 Å². The van der Waals surface area contributed by atoms with E-state index < -0.39 is 23.9 Å². The molecule has 0 aromatic carbocycles. The molecule has 0 radical (unpaired) electrons. The van der Waals surface area contributed by atoms with Gasteiger partial charge in [-0.05, 0) is 6.42 Å². The van der Waals surface area contributed by atoms with Gasteiger partial charge in [0.1, 0.15) is 12.4 Å². The monoisotopic (exact) mass is 253 g/mol. The van der Waals surface area contributed by atoms with Crippen molar-refractivity contribution in [1.29, 1.82) is 0 Å². The van der Waals surface area contributed by atoms with Crippen molar-refractivity contribution in [3.05, 3.63) is 24.3 Å². The maximum atomic E-state index is 11.6. The van der Waals surface area contributed by atoms with Crippen molar-refractivity contribution < 1.29 is 24.6 Å². The van der Waals surface area contributed by atoms with E-state index in [2.05, 4.69) is 15.3 Å². The Kier molecular flexibility index (Phi) is 4.73. The summed E-state index contributed by atoms with van der Waals surface area (Å²) in [6.07, 6.45) is 3.17. The highest BCUT2D eigenvalue weighted by atomic mass is 16.4. The molecule has 1 aromatic rings. The van der Waals surface area contributed by atoms with Gasteiger partial charge in [-0.2, -0.15) is 0 Å². The molecule has 0 saturated carbocycles. The van der Waals surface area contributed by atoms with Gasteiger partial charge >= 0.3 is 11.9 Å². The van der Waals surface area contributed by atoms with Crippen LogP contribution in [0.2, 0.25) is 0 Å². The van der Waals surface area contributed by atoms with Crippen LogP contribution >= 0.6 is 0 Å². The minimum absolute atomic E-state index is 0.110. The number of nitrogens with zero attached hydrogens (tertiary/aromatic N) is 2. The molecule has 0 unspecified atom stereocenters. The smallest absolute Gasteiger partial charge is 0.326 e. The standard InChI is InChI=1S/C10H11N3O5/c14-8(15)2-1-7(10(17)18)13-9(16)6-3-11-5-12-4-6/h3-5,7H,1-2H2,(H,13,16)(H,14,15)(H,17,18)/t7-/m0/s1. The molecule has 0 bridgehead atoms. The predicted octanol–water partition coefficient (Wildman–Crippen LogP) is -0.476. The molecule has 1 heterocycles. The zero-order chi connectivity index (χ0) is 13.5. The van der Waals surface area contributed by atoms with Gasteiger partial charge in [0.25, 0.3) is 5.91 Å². The zero-order valence-corrected chi connectivity index (χ0v) is 9.24. The molecular formula is C10H11N3O5. The number of hydrogen-bond donors (Lipinski definition) is 3. The fraction of sp³-hybridized carbons (Fsp3) is 0.300. The lowest BCUT2D eigenvalue weighted by Gasteiger charge is -2.12. The number of carboxylic acids is 2. The minimum atomic E-state index is -1.29. The molecule has 0 aliphatic rings. The first-order valence-corrected chi connectivity index (χ1v) is 5.01. The lowest BCUT2D eigenvalue weighted by atomic mass is 10.1. The van der Waals surface area contributed by atoms with Crippen molar-refractivity contribution >= 4 is 17.8 Å². The van der Waals surface area contributed by atoms with Crippen LogP contribution in [0.3, 0.4) is 0 Å². The Labute approximate surface area is 102 Å². The Morgan fingerprint density at radius 3 is 2.33 bits per heavy atom. The fourth-order valence-corrected chi connectivity index (χ4v) is 1.18. The highest BCUT2D eigenvalue weighted by Crippen LogP contribution is 2.01. The van der Waals surface area contributed by atoms with E-state index in [0.29, 0.717) is 0 Å². The number of rotatable bonds is 6. The van der Waals surface area contributed by atoms with Crippen LogP contribution < -0.4 is 5.32 Å². The molecule has 0 aliphatic carbocycles. The Bertz CT molecular complexity index is 448. The molecule has 1 aromatic heterocycles. The first kappa shape index (κ1) is 13.6. The van der Waals surface area contributed by atoms with Crippen molar-refractivity contribution in [3.63, 3.8) is 0 Å². The van der Waals surface area contributed by atoms with Crippen LogP contribution in [0, 0.1) is 0 Å². The van der Waals surface area contributed by atoms with Crippen molar-refractivity contribution in [3.8, 4) is 0 Å². The average molecular weight is 253 g/mol. The maximum absolute atomic E-state index is 11.6. The average Bonchev–Trinajstić information content (AvgIpc) is 2.34. The van der Waals surface area contributed by atoms with Crippen LogP contribution in [-0.2, 0) is 9.59 Å². The van der Waals surface area contributed by atoms with Gasteiger partial charge in [0.05, 0.1) is 5.56 Å². The molecule has 0 spiro atoms. The summed E-state index contributed by atoms with van der Waals surface area (Å²) in [6.45, 7) is 0. The number of nitrogens with one attached hydrogen (secondary N) is 1. The van der Waals surface area contributed by atoms with Gasteiger partial charge < -0.3 is 15.5 Å². The number of carbonyl (C=O) groups excluding carboxylic acids is 1. The maximum Gasteiger partial charge on any atom is 0.326 e. The van der Waals surface area contributed by atoms with E-state index in [0.717, 1.165) is 0 Å². The lowest BCUT2D eigenvalue weighted by Crippen LogP contribution is -2.41. The fourth-order valence-electron chi connectivity index (χ4n) is 1.18. The summed E-state index contributed by atoms with van der Waals surface area (Å²) >= 11 is 0. The number of amides is 1. The lowest BCUT2D eigenvalue weighted by molar-refractivity contribution is -0.140. The van der Waals surface area contributed by atoms with E-state index in [1.54, 1.807) is 0 Å². The molecular weight excluding hydrogens is 242 g/mol. The highest BCUT2D eigenvalue weighted by molar-refractivity contribution is 5.96. The molecule has 0 saturated heterocycles. The minimum Gasteiger partial charge on any atom is -0.481 e. The zero-order valence-electron chi connectivity index (χ0n) is 9.24. The summed E-state index contributed by atoms with van der Waals surface area (Å²) in [5, 5.41) is 19.5. The number of aromatic nitrogens is 2. The van der Waals surface area contributed by atoms with Gasteiger partial charge in [0, 0.05) is 18.8 Å². The van der Waals surface area contributed by atoms with Crippen molar-refractivity contribution in [2.24, 2.45) is 0 Å². The van der Waals surface area contributed by atoms with E-state index in [4.69, 9.17) is 10.2 Å². The number of carboxylic acid groups (broad SMARTS) is 2. The highest BCUT2D eigenvalue weighted by Gasteiger charge is 2.21. The van der Waals surface area contributed by atoms with Crippen LogP contribution in [0.5, 0.6) is 0 Å². The Hall–Kier alpha value is -2.51. The molecule has 1 atom stereocenters. The molecule has 1 amide bonds. The van der Waals surface area contributed by atoms with Gasteiger partial charge in [-0.3, -0.25) is 9.59 Å². The first-order valence-electron chi connectivity index (χ1n) is 5.01. The number of hydrogen-bond acceptors (Lipinski definition) is 5. The van der Waals surface area contributed by atoms with Crippen molar-refractivity contribution in [2.45, 2.75) is 18.9 Å². The summed E-state index contributed by atoms with van der Waals surface area (Å²) in [5.74, 6) is -3.08. The quantitative estimate of drug-likeness (QED) is 0.624. The largest absolute Gasteiger partial charge is 0.481 e. The van der Waals surface area contributed by atoms with E-state index in [1.807, 2.05) is 0 Å². The van der Waals surface area contributed by atoms with E-state index >= 15 is 0 Å². The van der Waals surface area contributed by atoms with Crippen LogP contribution in [0.15, 0.2) is 18.7 Å². The molecule has 18 heavy (non-hydrogen) atoms. The molecule has 96 valence electrons. The third-order valence-corrected chi connectivity index (χ3v) is 2.07. The Balaban J connectivity index is 2.64. The number of aliphatic carboxylic acids is 2. The van der Waals surface area contributed by atoms with Gasteiger partial charge in [-0.1, -0.05) is 0 Å². The summed E-state index contributed by atoms with van der Waals surface area (Å²) in [6, 6.07) is -1.26. The van der Waals surface area contributed by atoms with Crippen LogP contribution in [0.4, 0.5) is 0 Å². The summed E-state index contributed by atoms with van der Waals surface area (Å²) < 4.78 is 0. The Morgan fingerprint density at radius 1 is 1.22 bits per heavy atom.